The second-order valence-electron chi connectivity index (χ2n) is 7.19. The van der Waals surface area contributed by atoms with Crippen molar-refractivity contribution in [3.05, 3.63) is 94.5 Å². The maximum atomic E-state index is 6.31. The van der Waals surface area contributed by atoms with Crippen molar-refractivity contribution >= 4 is 11.6 Å². The van der Waals surface area contributed by atoms with E-state index in [0.717, 1.165) is 60.9 Å². The summed E-state index contributed by atoms with van der Waals surface area (Å²) in [6, 6.07) is 20.6. The predicted molar refractivity (Wildman–Crippen MR) is 110 cm³/mol. The van der Waals surface area contributed by atoms with Gasteiger partial charge in [0.15, 0.2) is 0 Å². The molecule has 138 valence electrons. The monoisotopic (exact) mass is 377 g/mol. The highest BCUT2D eigenvalue weighted by atomic mass is 35.5. The predicted octanol–water partition coefficient (Wildman–Crippen LogP) is 5.10. The van der Waals surface area contributed by atoms with Crippen LogP contribution in [-0.2, 0) is 13.0 Å². The molecule has 4 heteroatoms. The van der Waals surface area contributed by atoms with Gasteiger partial charge in [-0.05, 0) is 61.8 Å². The van der Waals surface area contributed by atoms with Gasteiger partial charge < -0.3 is 0 Å². The van der Waals surface area contributed by atoms with E-state index in [2.05, 4.69) is 46.3 Å². The van der Waals surface area contributed by atoms with Crippen LogP contribution in [0.5, 0.6) is 0 Å². The highest BCUT2D eigenvalue weighted by molar-refractivity contribution is 6.31. The van der Waals surface area contributed by atoms with Crippen molar-refractivity contribution < 1.29 is 0 Å². The third kappa shape index (κ3) is 4.74. The summed E-state index contributed by atoms with van der Waals surface area (Å²) in [7, 11) is 0. The molecular formula is C23H24ClN3. The van der Waals surface area contributed by atoms with Gasteiger partial charge in [0.1, 0.15) is 0 Å². The lowest BCUT2D eigenvalue weighted by atomic mass is 9.92. The number of rotatable bonds is 5. The highest BCUT2D eigenvalue weighted by Gasteiger charge is 2.22. The van der Waals surface area contributed by atoms with E-state index >= 15 is 0 Å². The molecule has 0 spiro atoms. The molecule has 0 unspecified atom stereocenters. The number of hydrogen-bond acceptors (Lipinski definition) is 3. The standard InChI is InChI=1S/C23H24ClN3/c24-22-9-2-1-6-19(22)16-20-8-5-10-23(26-20)18-11-14-27(15-12-18)17-21-7-3-4-13-25-21/h1-10,13,18H,11-12,14-17H2. The first-order valence-electron chi connectivity index (χ1n) is 9.59. The quantitative estimate of drug-likeness (QED) is 0.619. The van der Waals surface area contributed by atoms with Crippen LogP contribution >= 0.6 is 11.6 Å². The Morgan fingerprint density at radius 1 is 0.889 bits per heavy atom. The highest BCUT2D eigenvalue weighted by Crippen LogP contribution is 2.28. The van der Waals surface area contributed by atoms with Crippen molar-refractivity contribution in [3.8, 4) is 0 Å². The Balaban J connectivity index is 1.38. The van der Waals surface area contributed by atoms with Crippen LogP contribution in [0.2, 0.25) is 5.02 Å². The Bertz CT molecular complexity index is 874. The number of nitrogens with zero attached hydrogens (tertiary/aromatic N) is 3. The van der Waals surface area contributed by atoms with Gasteiger partial charge in [-0.25, -0.2) is 0 Å². The third-order valence-electron chi connectivity index (χ3n) is 5.28. The molecule has 1 saturated heterocycles. The van der Waals surface area contributed by atoms with Crippen LogP contribution in [-0.4, -0.2) is 28.0 Å². The average molecular weight is 378 g/mol. The van der Waals surface area contributed by atoms with Gasteiger partial charge in [-0.2, -0.15) is 0 Å². The van der Waals surface area contributed by atoms with Gasteiger partial charge in [-0.15, -0.1) is 0 Å². The molecule has 4 rings (SSSR count). The number of aromatic nitrogens is 2. The van der Waals surface area contributed by atoms with Crippen LogP contribution < -0.4 is 0 Å². The van der Waals surface area contributed by atoms with Gasteiger partial charge in [0.05, 0.1) is 5.69 Å². The van der Waals surface area contributed by atoms with Crippen LogP contribution in [0.1, 0.15) is 41.4 Å². The fourth-order valence-electron chi connectivity index (χ4n) is 3.77. The molecule has 3 heterocycles. The Morgan fingerprint density at radius 3 is 2.44 bits per heavy atom. The molecule has 0 N–H and O–H groups in total. The van der Waals surface area contributed by atoms with E-state index in [9.17, 15) is 0 Å². The van der Waals surface area contributed by atoms with Gasteiger partial charge in [0.25, 0.3) is 0 Å². The molecule has 3 aromatic rings. The molecule has 3 nitrogen and oxygen atoms in total. The van der Waals surface area contributed by atoms with Gasteiger partial charge >= 0.3 is 0 Å². The minimum Gasteiger partial charge on any atom is -0.297 e. The second-order valence-corrected chi connectivity index (χ2v) is 7.60. The van der Waals surface area contributed by atoms with E-state index in [4.69, 9.17) is 16.6 Å². The van der Waals surface area contributed by atoms with E-state index in [1.807, 2.05) is 30.5 Å². The summed E-state index contributed by atoms with van der Waals surface area (Å²) >= 11 is 6.31. The van der Waals surface area contributed by atoms with Gasteiger partial charge in [0.2, 0.25) is 0 Å². The van der Waals surface area contributed by atoms with E-state index in [0.29, 0.717) is 5.92 Å². The molecule has 2 aromatic heterocycles. The van der Waals surface area contributed by atoms with Crippen LogP contribution in [0.4, 0.5) is 0 Å². The van der Waals surface area contributed by atoms with Crippen LogP contribution in [0.25, 0.3) is 0 Å². The van der Waals surface area contributed by atoms with Crippen molar-refractivity contribution in [1.29, 1.82) is 0 Å². The lowest BCUT2D eigenvalue weighted by Crippen LogP contribution is -2.33. The summed E-state index contributed by atoms with van der Waals surface area (Å²) in [4.78, 5) is 11.9. The summed E-state index contributed by atoms with van der Waals surface area (Å²) in [6.07, 6.45) is 4.95. The number of piperidine rings is 1. The molecule has 0 saturated carbocycles. The maximum absolute atomic E-state index is 6.31. The first-order valence-corrected chi connectivity index (χ1v) is 9.97. The van der Waals surface area contributed by atoms with Gasteiger partial charge in [-0.1, -0.05) is 41.9 Å². The molecule has 1 aliphatic rings. The molecule has 1 aliphatic heterocycles. The lowest BCUT2D eigenvalue weighted by Gasteiger charge is -2.31. The first kappa shape index (κ1) is 18.1. The normalized spacial score (nSPS) is 15.7. The molecule has 27 heavy (non-hydrogen) atoms. The molecule has 0 amide bonds. The molecule has 0 aliphatic carbocycles. The summed E-state index contributed by atoms with van der Waals surface area (Å²) in [6.45, 7) is 3.13. The topological polar surface area (TPSA) is 29.0 Å². The Hall–Kier alpha value is -2.23. The Kier molecular flexibility index (Phi) is 5.81. The zero-order valence-corrected chi connectivity index (χ0v) is 16.1. The van der Waals surface area contributed by atoms with E-state index in [1.165, 1.54) is 5.69 Å². The molecule has 1 aromatic carbocycles. The Labute approximate surface area is 166 Å². The van der Waals surface area contributed by atoms with Crippen molar-refractivity contribution in [1.82, 2.24) is 14.9 Å². The summed E-state index contributed by atoms with van der Waals surface area (Å²) in [5.74, 6) is 0.538. The van der Waals surface area contributed by atoms with Crippen LogP contribution in [0, 0.1) is 0 Å². The number of benzene rings is 1. The van der Waals surface area contributed by atoms with Gasteiger partial charge in [0, 0.05) is 41.5 Å². The number of pyridine rings is 2. The third-order valence-corrected chi connectivity index (χ3v) is 5.64. The number of halogens is 1. The molecule has 0 radical (unpaired) electrons. The SMILES string of the molecule is Clc1ccccc1Cc1cccc(C2CCN(Cc3ccccn3)CC2)n1. The lowest BCUT2D eigenvalue weighted by molar-refractivity contribution is 0.201. The van der Waals surface area contributed by atoms with Crippen molar-refractivity contribution in [2.24, 2.45) is 0 Å². The zero-order chi connectivity index (χ0) is 18.5. The van der Waals surface area contributed by atoms with Crippen LogP contribution in [0.15, 0.2) is 66.9 Å². The van der Waals surface area contributed by atoms with E-state index < -0.39 is 0 Å². The minimum atomic E-state index is 0.538. The molecular weight excluding hydrogens is 354 g/mol. The smallest absolute Gasteiger partial charge is 0.0543 e. The molecule has 0 atom stereocenters. The summed E-state index contributed by atoms with van der Waals surface area (Å²) in [5, 5.41) is 0.813. The number of hydrogen-bond donors (Lipinski definition) is 0. The fourth-order valence-corrected chi connectivity index (χ4v) is 3.97. The molecule has 0 bridgehead atoms. The van der Waals surface area contributed by atoms with Crippen molar-refractivity contribution in [2.45, 2.75) is 31.7 Å². The first-order chi connectivity index (χ1) is 13.3. The number of likely N-dealkylation sites (tertiary alicyclic amines) is 1. The zero-order valence-electron chi connectivity index (χ0n) is 15.4. The van der Waals surface area contributed by atoms with E-state index in [-0.39, 0.29) is 0 Å². The fraction of sp³-hybridized carbons (Fsp3) is 0.304. The summed E-state index contributed by atoms with van der Waals surface area (Å²) < 4.78 is 0. The molecule has 1 fully saturated rings. The summed E-state index contributed by atoms with van der Waals surface area (Å²) in [5.41, 5.74) is 4.60. The van der Waals surface area contributed by atoms with Crippen molar-refractivity contribution in [3.63, 3.8) is 0 Å². The Morgan fingerprint density at radius 2 is 1.67 bits per heavy atom. The minimum absolute atomic E-state index is 0.538. The second kappa shape index (κ2) is 8.64. The largest absolute Gasteiger partial charge is 0.297 e. The van der Waals surface area contributed by atoms with E-state index in [1.54, 1.807) is 0 Å². The van der Waals surface area contributed by atoms with Crippen LogP contribution in [0.3, 0.4) is 0 Å². The van der Waals surface area contributed by atoms with Crippen molar-refractivity contribution in [2.75, 3.05) is 13.1 Å². The average Bonchev–Trinajstić information content (AvgIpc) is 2.71. The van der Waals surface area contributed by atoms with Gasteiger partial charge in [-0.3, -0.25) is 14.9 Å². The maximum Gasteiger partial charge on any atom is 0.0543 e.